The summed E-state index contributed by atoms with van der Waals surface area (Å²) in [6.07, 6.45) is 0. The van der Waals surface area contributed by atoms with Gasteiger partial charge in [0, 0.05) is 25.9 Å². The SMILES string of the molecule is Cc1sc2cc(SCC(=O)c3ccc(Cl)cc3)n(-c3ccccc3)c(=O)c2c1C. The van der Waals surface area contributed by atoms with Crippen molar-refractivity contribution in [1.82, 2.24) is 4.57 Å². The molecule has 0 bridgehead atoms. The van der Waals surface area contributed by atoms with E-state index >= 15 is 0 Å². The van der Waals surface area contributed by atoms with E-state index in [0.29, 0.717) is 10.6 Å². The Morgan fingerprint density at radius 1 is 1.07 bits per heavy atom. The largest absolute Gasteiger partial charge is 0.293 e. The van der Waals surface area contributed by atoms with Crippen LogP contribution in [0.15, 0.2) is 70.5 Å². The second kappa shape index (κ2) is 8.19. The van der Waals surface area contributed by atoms with Gasteiger partial charge in [-0.3, -0.25) is 14.2 Å². The zero-order valence-corrected chi connectivity index (χ0v) is 18.3. The predicted octanol–water partition coefficient (Wildman–Crippen LogP) is 6.30. The minimum absolute atomic E-state index is 0.00244. The molecule has 0 aliphatic rings. The molecule has 0 N–H and O–H groups in total. The predicted molar refractivity (Wildman–Crippen MR) is 123 cm³/mol. The molecule has 2 aromatic heterocycles. The molecular formula is C23H18ClNO2S2. The lowest BCUT2D eigenvalue weighted by atomic mass is 10.1. The van der Waals surface area contributed by atoms with E-state index in [1.807, 2.05) is 50.2 Å². The Labute approximate surface area is 182 Å². The number of carbonyl (C=O) groups is 1. The number of halogens is 1. The van der Waals surface area contributed by atoms with E-state index in [9.17, 15) is 9.59 Å². The number of nitrogens with zero attached hydrogens (tertiary/aromatic N) is 1. The van der Waals surface area contributed by atoms with E-state index in [0.717, 1.165) is 31.2 Å². The highest BCUT2D eigenvalue weighted by molar-refractivity contribution is 8.00. The van der Waals surface area contributed by atoms with Gasteiger partial charge in [0.1, 0.15) is 0 Å². The topological polar surface area (TPSA) is 39.1 Å². The molecule has 0 radical (unpaired) electrons. The van der Waals surface area contributed by atoms with Crippen LogP contribution in [0, 0.1) is 13.8 Å². The summed E-state index contributed by atoms with van der Waals surface area (Å²) in [6, 6.07) is 18.5. The van der Waals surface area contributed by atoms with Gasteiger partial charge in [-0.25, -0.2) is 0 Å². The van der Waals surface area contributed by atoms with Crippen molar-refractivity contribution in [2.24, 2.45) is 0 Å². The van der Waals surface area contributed by atoms with Gasteiger partial charge in [-0.15, -0.1) is 11.3 Å². The number of pyridine rings is 1. The molecule has 0 fully saturated rings. The van der Waals surface area contributed by atoms with Gasteiger partial charge >= 0.3 is 0 Å². The molecule has 0 saturated heterocycles. The molecule has 146 valence electrons. The number of hydrogen-bond donors (Lipinski definition) is 0. The van der Waals surface area contributed by atoms with E-state index in [2.05, 4.69) is 0 Å². The number of fused-ring (bicyclic) bond motifs is 1. The number of para-hydroxylation sites is 1. The van der Waals surface area contributed by atoms with Crippen molar-refractivity contribution in [2.75, 3.05) is 5.75 Å². The molecule has 2 heterocycles. The van der Waals surface area contributed by atoms with Crippen molar-refractivity contribution in [1.29, 1.82) is 0 Å². The van der Waals surface area contributed by atoms with Gasteiger partial charge in [0.2, 0.25) is 0 Å². The molecule has 3 nitrogen and oxygen atoms in total. The molecule has 29 heavy (non-hydrogen) atoms. The normalized spacial score (nSPS) is 11.1. The van der Waals surface area contributed by atoms with Gasteiger partial charge in [-0.2, -0.15) is 0 Å². The van der Waals surface area contributed by atoms with E-state index in [-0.39, 0.29) is 17.1 Å². The molecule has 4 aromatic rings. The minimum Gasteiger partial charge on any atom is -0.293 e. The fourth-order valence-corrected chi connectivity index (χ4v) is 5.46. The van der Waals surface area contributed by atoms with Crippen LogP contribution < -0.4 is 5.56 Å². The summed E-state index contributed by atoms with van der Waals surface area (Å²) in [5.41, 5.74) is 2.38. The first kappa shape index (κ1) is 20.0. The van der Waals surface area contributed by atoms with Gasteiger partial charge in [0.25, 0.3) is 5.56 Å². The number of thioether (sulfide) groups is 1. The van der Waals surface area contributed by atoms with Gasteiger partial charge in [0.05, 0.1) is 16.2 Å². The number of rotatable bonds is 5. The lowest BCUT2D eigenvalue weighted by Crippen LogP contribution is -2.20. The number of Topliss-reactive ketones (excluding diaryl/α,β-unsaturated/α-hetero) is 1. The molecule has 2 aromatic carbocycles. The third-order valence-electron chi connectivity index (χ3n) is 4.84. The second-order valence-corrected chi connectivity index (χ2v) is 9.39. The average molecular weight is 440 g/mol. The van der Waals surface area contributed by atoms with Crippen LogP contribution in [0.5, 0.6) is 0 Å². The highest BCUT2D eigenvalue weighted by Gasteiger charge is 2.17. The number of ketones is 1. The van der Waals surface area contributed by atoms with Crippen LogP contribution in [-0.4, -0.2) is 16.1 Å². The minimum atomic E-state index is -0.0445. The summed E-state index contributed by atoms with van der Waals surface area (Å²) in [5.74, 6) is 0.236. The van der Waals surface area contributed by atoms with Crippen LogP contribution in [0.2, 0.25) is 5.02 Å². The maximum absolute atomic E-state index is 13.4. The molecule has 6 heteroatoms. The summed E-state index contributed by atoms with van der Waals surface area (Å²) in [4.78, 5) is 27.2. The number of hydrogen-bond acceptors (Lipinski definition) is 4. The van der Waals surface area contributed by atoms with Crippen LogP contribution in [0.25, 0.3) is 15.8 Å². The van der Waals surface area contributed by atoms with Crippen molar-refractivity contribution in [2.45, 2.75) is 18.9 Å². The van der Waals surface area contributed by atoms with Crippen molar-refractivity contribution in [3.8, 4) is 5.69 Å². The summed E-state index contributed by atoms with van der Waals surface area (Å²) in [7, 11) is 0. The monoisotopic (exact) mass is 439 g/mol. The zero-order valence-electron chi connectivity index (χ0n) is 15.9. The van der Waals surface area contributed by atoms with Crippen molar-refractivity contribution in [3.63, 3.8) is 0 Å². The molecule has 0 atom stereocenters. The number of carbonyl (C=O) groups excluding carboxylic acids is 1. The third-order valence-corrected chi connectivity index (χ3v) is 7.25. The lowest BCUT2D eigenvalue weighted by molar-refractivity contribution is 0.102. The molecule has 0 unspecified atom stereocenters. The van der Waals surface area contributed by atoms with Crippen LogP contribution in [0.4, 0.5) is 0 Å². The van der Waals surface area contributed by atoms with Gasteiger partial charge < -0.3 is 0 Å². The first-order valence-corrected chi connectivity index (χ1v) is 11.3. The lowest BCUT2D eigenvalue weighted by Gasteiger charge is -2.13. The van der Waals surface area contributed by atoms with Crippen molar-refractivity contribution in [3.05, 3.63) is 92.0 Å². The van der Waals surface area contributed by atoms with E-state index < -0.39 is 0 Å². The molecule has 0 aliphatic carbocycles. The van der Waals surface area contributed by atoms with Crippen LogP contribution >= 0.6 is 34.7 Å². The molecule has 0 saturated carbocycles. The van der Waals surface area contributed by atoms with Crippen molar-refractivity contribution >= 4 is 50.6 Å². The van der Waals surface area contributed by atoms with Gasteiger partial charge in [0.15, 0.2) is 5.78 Å². The van der Waals surface area contributed by atoms with Crippen molar-refractivity contribution < 1.29 is 4.79 Å². The third kappa shape index (κ3) is 3.90. The summed E-state index contributed by atoms with van der Waals surface area (Å²) >= 11 is 8.91. The van der Waals surface area contributed by atoms with E-state index in [1.54, 1.807) is 40.2 Å². The quantitative estimate of drug-likeness (QED) is 0.270. The maximum Gasteiger partial charge on any atom is 0.264 e. The van der Waals surface area contributed by atoms with Crippen LogP contribution in [0.1, 0.15) is 20.8 Å². The fourth-order valence-electron chi connectivity index (χ4n) is 3.20. The average Bonchev–Trinajstić information content (AvgIpc) is 3.01. The highest BCUT2D eigenvalue weighted by Crippen LogP contribution is 2.32. The van der Waals surface area contributed by atoms with Gasteiger partial charge in [-0.1, -0.05) is 41.6 Å². The number of thiophene rings is 1. The summed E-state index contributed by atoms with van der Waals surface area (Å²) in [6.45, 7) is 4.02. The van der Waals surface area contributed by atoms with Crippen LogP contribution in [0.3, 0.4) is 0 Å². The first-order valence-electron chi connectivity index (χ1n) is 9.08. The molecule has 0 amide bonds. The van der Waals surface area contributed by atoms with Crippen LogP contribution in [-0.2, 0) is 0 Å². The fraction of sp³-hybridized carbons (Fsp3) is 0.130. The van der Waals surface area contributed by atoms with E-state index in [4.69, 9.17) is 11.6 Å². The molecule has 4 rings (SSSR count). The molecule has 0 aliphatic heterocycles. The summed E-state index contributed by atoms with van der Waals surface area (Å²) < 4.78 is 2.67. The molecule has 0 spiro atoms. The highest BCUT2D eigenvalue weighted by atomic mass is 35.5. The maximum atomic E-state index is 13.4. The standard InChI is InChI=1S/C23H18ClNO2S2/c1-14-15(2)29-20-12-21(28-13-19(26)16-8-10-17(24)11-9-16)25(23(27)22(14)20)18-6-4-3-5-7-18/h3-12H,13H2,1-2H3. The Bertz CT molecular complexity index is 1260. The smallest absolute Gasteiger partial charge is 0.264 e. The summed E-state index contributed by atoms with van der Waals surface area (Å²) in [5, 5.41) is 2.11. The Hall–Kier alpha value is -2.34. The Morgan fingerprint density at radius 3 is 2.45 bits per heavy atom. The number of aromatic nitrogens is 1. The Morgan fingerprint density at radius 2 is 1.76 bits per heavy atom. The second-order valence-electron chi connectivity index (χ2n) is 6.70. The number of benzene rings is 2. The first-order chi connectivity index (χ1) is 14.0. The Kier molecular flexibility index (Phi) is 5.63. The number of aryl methyl sites for hydroxylation is 2. The van der Waals surface area contributed by atoms with E-state index in [1.165, 1.54) is 11.8 Å². The Balaban J connectivity index is 1.77. The zero-order chi connectivity index (χ0) is 20.5. The van der Waals surface area contributed by atoms with Gasteiger partial charge in [-0.05, 0) is 61.9 Å². The molecular weight excluding hydrogens is 422 g/mol.